The van der Waals surface area contributed by atoms with E-state index >= 15 is 0 Å². The number of nitrogens with one attached hydrogen (secondary N) is 2. The monoisotopic (exact) mass is 448 g/mol. The van der Waals surface area contributed by atoms with Crippen LogP contribution in [-0.4, -0.2) is 65.1 Å². The summed E-state index contributed by atoms with van der Waals surface area (Å²) < 4.78 is 47.5. The normalized spacial score (nSPS) is 17.1. The molecule has 1 saturated heterocycles. The van der Waals surface area contributed by atoms with E-state index in [2.05, 4.69) is 14.9 Å². The minimum Gasteiger partial charge on any atom is -0.482 e. The number of aryl methyl sites for hydroxylation is 1. The number of rotatable bonds is 6. The fourth-order valence-electron chi connectivity index (χ4n) is 3.84. The molecule has 0 bridgehead atoms. The molecular formula is C21H25FN4O4S. The van der Waals surface area contributed by atoms with E-state index in [0.29, 0.717) is 42.3 Å². The Morgan fingerprint density at radius 3 is 2.65 bits per heavy atom. The van der Waals surface area contributed by atoms with Crippen molar-refractivity contribution in [2.24, 2.45) is 0 Å². The Kier molecular flexibility index (Phi) is 6.12. The molecule has 31 heavy (non-hydrogen) atoms. The maximum absolute atomic E-state index is 14.0. The van der Waals surface area contributed by atoms with Crippen LogP contribution < -0.4 is 19.7 Å². The number of amides is 1. The predicted octanol–water partition coefficient (Wildman–Crippen LogP) is 1.57. The summed E-state index contributed by atoms with van der Waals surface area (Å²) in [5.41, 5.74) is 1.60. The Morgan fingerprint density at radius 2 is 1.90 bits per heavy atom. The van der Waals surface area contributed by atoms with Gasteiger partial charge in [-0.25, -0.2) is 17.5 Å². The molecule has 0 unspecified atom stereocenters. The van der Waals surface area contributed by atoms with Crippen LogP contribution in [0.4, 0.5) is 15.8 Å². The van der Waals surface area contributed by atoms with Gasteiger partial charge in [-0.2, -0.15) is 0 Å². The highest BCUT2D eigenvalue weighted by atomic mass is 32.2. The van der Waals surface area contributed by atoms with Gasteiger partial charge in [-0.3, -0.25) is 9.69 Å². The van der Waals surface area contributed by atoms with Gasteiger partial charge in [0.2, 0.25) is 10.0 Å². The smallest absolute Gasteiger partial charge is 0.262 e. The molecule has 2 aromatic rings. The highest BCUT2D eigenvalue weighted by Gasteiger charge is 2.24. The Morgan fingerprint density at radius 1 is 1.16 bits per heavy atom. The van der Waals surface area contributed by atoms with Gasteiger partial charge in [0.05, 0.1) is 16.3 Å². The molecule has 0 saturated carbocycles. The molecule has 2 heterocycles. The summed E-state index contributed by atoms with van der Waals surface area (Å²) in [5, 5.41) is 2.67. The highest BCUT2D eigenvalue weighted by Crippen LogP contribution is 2.32. The van der Waals surface area contributed by atoms with Crippen molar-refractivity contribution in [1.82, 2.24) is 9.62 Å². The second-order valence-corrected chi connectivity index (χ2v) is 9.36. The molecule has 10 heteroatoms. The molecule has 8 nitrogen and oxygen atoms in total. The van der Waals surface area contributed by atoms with Crippen molar-refractivity contribution in [1.29, 1.82) is 0 Å². The molecule has 1 amide bonds. The van der Waals surface area contributed by atoms with Gasteiger partial charge >= 0.3 is 0 Å². The van der Waals surface area contributed by atoms with E-state index < -0.39 is 10.0 Å². The Hall–Kier alpha value is -2.69. The number of carbonyl (C=O) groups is 1. The fraction of sp³-hybridized carbons (Fsp3) is 0.381. The first kappa shape index (κ1) is 21.5. The first-order valence-corrected chi connectivity index (χ1v) is 11.6. The van der Waals surface area contributed by atoms with Gasteiger partial charge in [0.1, 0.15) is 11.6 Å². The van der Waals surface area contributed by atoms with Gasteiger partial charge in [0, 0.05) is 45.3 Å². The van der Waals surface area contributed by atoms with Crippen molar-refractivity contribution in [3.05, 3.63) is 47.8 Å². The van der Waals surface area contributed by atoms with Gasteiger partial charge in [0.15, 0.2) is 6.61 Å². The van der Waals surface area contributed by atoms with Crippen LogP contribution in [0.1, 0.15) is 5.56 Å². The van der Waals surface area contributed by atoms with E-state index in [1.165, 1.54) is 12.1 Å². The maximum Gasteiger partial charge on any atom is 0.262 e. The summed E-state index contributed by atoms with van der Waals surface area (Å²) in [4.78, 5) is 15.7. The molecule has 1 fully saturated rings. The van der Waals surface area contributed by atoms with Gasteiger partial charge in [-0.15, -0.1) is 0 Å². The Bertz CT molecular complexity index is 1080. The molecule has 0 spiro atoms. The minimum absolute atomic E-state index is 0.131. The molecule has 2 aliphatic heterocycles. The van der Waals surface area contributed by atoms with Crippen LogP contribution in [0.5, 0.6) is 5.75 Å². The van der Waals surface area contributed by atoms with Crippen molar-refractivity contribution < 1.29 is 22.3 Å². The Labute approximate surface area is 181 Å². The second kappa shape index (κ2) is 8.81. The average Bonchev–Trinajstić information content (AvgIpc) is 2.74. The first-order chi connectivity index (χ1) is 14.8. The lowest BCUT2D eigenvalue weighted by Gasteiger charge is -2.36. The zero-order valence-electron chi connectivity index (χ0n) is 17.2. The van der Waals surface area contributed by atoms with E-state index in [0.717, 1.165) is 13.1 Å². The van der Waals surface area contributed by atoms with Crippen LogP contribution in [0.15, 0.2) is 41.3 Å². The number of carbonyl (C=O) groups excluding carboxylic acids is 1. The number of halogens is 1. The van der Waals surface area contributed by atoms with Gasteiger partial charge in [-0.1, -0.05) is 12.1 Å². The summed E-state index contributed by atoms with van der Waals surface area (Å²) >= 11 is 0. The summed E-state index contributed by atoms with van der Waals surface area (Å²) in [6.45, 7) is 5.17. The van der Waals surface area contributed by atoms with Crippen molar-refractivity contribution in [2.45, 2.75) is 11.8 Å². The number of hydrogen-bond acceptors (Lipinski definition) is 6. The fourth-order valence-corrected chi connectivity index (χ4v) is 5.10. The van der Waals surface area contributed by atoms with Gasteiger partial charge in [0.25, 0.3) is 5.91 Å². The van der Waals surface area contributed by atoms with Gasteiger partial charge < -0.3 is 15.0 Å². The highest BCUT2D eigenvalue weighted by molar-refractivity contribution is 7.89. The SMILES string of the molecule is Cc1cc2c(cc1S(=O)(=O)NCCN1CCN(c3ccccc3F)CC1)OCC(=O)N2. The van der Waals surface area contributed by atoms with E-state index in [-0.39, 0.29) is 29.8 Å². The number of sulfonamides is 1. The lowest BCUT2D eigenvalue weighted by molar-refractivity contribution is -0.118. The van der Waals surface area contributed by atoms with E-state index in [1.54, 1.807) is 25.1 Å². The predicted molar refractivity (Wildman–Crippen MR) is 116 cm³/mol. The summed E-state index contributed by atoms with van der Waals surface area (Å²) in [7, 11) is -3.73. The van der Waals surface area contributed by atoms with Gasteiger partial charge in [-0.05, 0) is 30.7 Å². The van der Waals surface area contributed by atoms with Crippen LogP contribution in [0.3, 0.4) is 0 Å². The van der Waals surface area contributed by atoms with Crippen molar-refractivity contribution in [3.63, 3.8) is 0 Å². The quantitative estimate of drug-likeness (QED) is 0.697. The molecule has 2 N–H and O–H groups in total. The molecule has 4 rings (SSSR count). The lowest BCUT2D eigenvalue weighted by atomic mass is 10.2. The molecule has 0 aromatic heterocycles. The number of anilines is 2. The third-order valence-corrected chi connectivity index (χ3v) is 7.09. The summed E-state index contributed by atoms with van der Waals surface area (Å²) in [6.07, 6.45) is 0. The second-order valence-electron chi connectivity index (χ2n) is 7.63. The topological polar surface area (TPSA) is 91.0 Å². The first-order valence-electron chi connectivity index (χ1n) is 10.1. The van der Waals surface area contributed by atoms with Crippen LogP contribution in [0, 0.1) is 12.7 Å². The van der Waals surface area contributed by atoms with E-state index in [4.69, 9.17) is 4.74 Å². The number of benzene rings is 2. The largest absolute Gasteiger partial charge is 0.482 e. The molecule has 2 aliphatic rings. The number of hydrogen-bond donors (Lipinski definition) is 2. The molecule has 0 radical (unpaired) electrons. The number of ether oxygens (including phenoxy) is 1. The van der Waals surface area contributed by atoms with Crippen LogP contribution in [-0.2, 0) is 14.8 Å². The molecule has 0 aliphatic carbocycles. The van der Waals surface area contributed by atoms with Crippen LogP contribution >= 0.6 is 0 Å². The minimum atomic E-state index is -3.73. The van der Waals surface area contributed by atoms with Crippen molar-refractivity contribution in [2.75, 3.05) is 56.1 Å². The van der Waals surface area contributed by atoms with Crippen LogP contribution in [0.2, 0.25) is 0 Å². The number of piperazine rings is 1. The molecule has 0 atom stereocenters. The molecule has 2 aromatic carbocycles. The summed E-state index contributed by atoms with van der Waals surface area (Å²) in [5.74, 6) is -0.154. The third-order valence-electron chi connectivity index (χ3n) is 5.49. The number of fused-ring (bicyclic) bond motifs is 1. The van der Waals surface area contributed by atoms with E-state index in [9.17, 15) is 17.6 Å². The number of para-hydroxylation sites is 1. The van der Waals surface area contributed by atoms with Crippen LogP contribution in [0.25, 0.3) is 0 Å². The third kappa shape index (κ3) is 4.81. The average molecular weight is 449 g/mol. The zero-order chi connectivity index (χ0) is 22.0. The van der Waals surface area contributed by atoms with E-state index in [1.807, 2.05) is 11.0 Å². The van der Waals surface area contributed by atoms with Crippen molar-refractivity contribution in [3.8, 4) is 5.75 Å². The summed E-state index contributed by atoms with van der Waals surface area (Å²) in [6, 6.07) is 9.77. The molecule has 166 valence electrons. The lowest BCUT2D eigenvalue weighted by Crippen LogP contribution is -2.48. The maximum atomic E-state index is 14.0. The molecular weight excluding hydrogens is 423 g/mol. The Balaban J connectivity index is 1.32. The standard InChI is InChI=1S/C21H25FN4O4S/c1-15-12-17-19(30-14-21(27)24-17)13-20(15)31(28,29)23-6-7-25-8-10-26(11-9-25)18-5-3-2-4-16(18)22/h2-5,12-13,23H,6-11,14H2,1H3,(H,24,27). The number of nitrogens with zero attached hydrogens (tertiary/aromatic N) is 2. The zero-order valence-corrected chi connectivity index (χ0v) is 18.0. The van der Waals surface area contributed by atoms with Crippen molar-refractivity contribution >= 4 is 27.3 Å².